The highest BCUT2D eigenvalue weighted by molar-refractivity contribution is 7.99. The summed E-state index contributed by atoms with van der Waals surface area (Å²) in [6, 6.07) is 4.69. The molecule has 0 spiro atoms. The molecule has 9 heteroatoms. The van der Waals surface area contributed by atoms with Gasteiger partial charge in [-0.1, -0.05) is 17.8 Å². The van der Waals surface area contributed by atoms with E-state index in [4.69, 9.17) is 10.5 Å². The van der Waals surface area contributed by atoms with Gasteiger partial charge in [-0.2, -0.15) is 0 Å². The number of aryl methyl sites for hydroxylation is 2. The Hall–Kier alpha value is -2.39. The fourth-order valence-corrected chi connectivity index (χ4v) is 5.76. The SMILES string of the molecule is COc1ccc(CN(C)C(=O)CSc2nc(N)c3c4c(sc3n2)CCCC4)cc1F. The Morgan fingerprint density at radius 1 is 1.33 bits per heavy atom. The first-order valence-electron chi connectivity index (χ1n) is 9.73. The Balaban J connectivity index is 1.42. The van der Waals surface area contributed by atoms with Crippen molar-refractivity contribution in [3.8, 4) is 5.75 Å². The number of fused-ring (bicyclic) bond motifs is 3. The van der Waals surface area contributed by atoms with Crippen LogP contribution in [-0.4, -0.2) is 40.7 Å². The highest BCUT2D eigenvalue weighted by Crippen LogP contribution is 2.38. The van der Waals surface area contributed by atoms with Crippen LogP contribution in [0.3, 0.4) is 0 Å². The van der Waals surface area contributed by atoms with Crippen LogP contribution in [-0.2, 0) is 24.2 Å². The van der Waals surface area contributed by atoms with Crippen molar-refractivity contribution < 1.29 is 13.9 Å². The van der Waals surface area contributed by atoms with Gasteiger partial charge in [0.15, 0.2) is 16.7 Å². The number of amides is 1. The molecular formula is C21H23FN4O2S2. The quantitative estimate of drug-likeness (QED) is 0.454. The van der Waals surface area contributed by atoms with Crippen LogP contribution in [0.2, 0.25) is 0 Å². The molecule has 6 nitrogen and oxygen atoms in total. The van der Waals surface area contributed by atoms with Gasteiger partial charge in [-0.3, -0.25) is 4.79 Å². The summed E-state index contributed by atoms with van der Waals surface area (Å²) in [5.74, 6) is 0.329. The monoisotopic (exact) mass is 446 g/mol. The molecule has 0 aliphatic heterocycles. The van der Waals surface area contributed by atoms with Gasteiger partial charge >= 0.3 is 0 Å². The Bertz CT molecular complexity index is 1100. The number of rotatable bonds is 6. The van der Waals surface area contributed by atoms with Gasteiger partial charge in [0, 0.05) is 18.5 Å². The van der Waals surface area contributed by atoms with Crippen LogP contribution in [0.25, 0.3) is 10.2 Å². The maximum absolute atomic E-state index is 13.9. The molecule has 2 aromatic heterocycles. The standard InChI is InChI=1S/C21H23FN4O2S2/c1-26(10-12-7-8-15(28-2)14(22)9-12)17(27)11-29-21-24-19(23)18-13-5-3-4-6-16(13)30-20(18)25-21/h7-9H,3-6,10-11H2,1-2H3,(H2,23,24,25). The van der Waals surface area contributed by atoms with Gasteiger partial charge in [-0.25, -0.2) is 14.4 Å². The zero-order chi connectivity index (χ0) is 21.3. The van der Waals surface area contributed by atoms with E-state index in [9.17, 15) is 9.18 Å². The first-order chi connectivity index (χ1) is 14.5. The summed E-state index contributed by atoms with van der Waals surface area (Å²) in [7, 11) is 3.11. The second-order valence-corrected chi connectivity index (χ2v) is 9.32. The molecule has 0 saturated heterocycles. The number of nitrogens with two attached hydrogens (primary N) is 1. The Morgan fingerprint density at radius 3 is 2.90 bits per heavy atom. The van der Waals surface area contributed by atoms with Crippen molar-refractivity contribution in [2.45, 2.75) is 37.4 Å². The minimum absolute atomic E-state index is 0.0935. The minimum Gasteiger partial charge on any atom is -0.494 e. The van der Waals surface area contributed by atoms with Crippen molar-refractivity contribution in [2.24, 2.45) is 0 Å². The number of benzene rings is 1. The summed E-state index contributed by atoms with van der Waals surface area (Å²) in [6.45, 7) is 0.306. The number of ether oxygens (including phenoxy) is 1. The zero-order valence-corrected chi connectivity index (χ0v) is 18.5. The summed E-state index contributed by atoms with van der Waals surface area (Å²) in [6.07, 6.45) is 4.49. The number of thioether (sulfide) groups is 1. The third-order valence-corrected chi connectivity index (χ3v) is 7.23. The summed E-state index contributed by atoms with van der Waals surface area (Å²) >= 11 is 2.96. The Kier molecular flexibility index (Phi) is 6.10. The first-order valence-corrected chi connectivity index (χ1v) is 11.5. The van der Waals surface area contributed by atoms with E-state index in [2.05, 4.69) is 9.97 Å². The molecule has 0 unspecified atom stereocenters. The normalized spacial score (nSPS) is 13.3. The number of hydrogen-bond donors (Lipinski definition) is 1. The van der Waals surface area contributed by atoms with Gasteiger partial charge < -0.3 is 15.4 Å². The van der Waals surface area contributed by atoms with E-state index in [1.54, 1.807) is 35.4 Å². The fourth-order valence-electron chi connectivity index (χ4n) is 3.64. The number of nitrogen functional groups attached to an aromatic ring is 1. The number of aromatic nitrogens is 2. The molecule has 1 amide bonds. The zero-order valence-electron chi connectivity index (χ0n) is 16.9. The molecule has 3 aromatic rings. The summed E-state index contributed by atoms with van der Waals surface area (Å²) < 4.78 is 18.8. The predicted octanol–water partition coefficient (Wildman–Crippen LogP) is 4.05. The van der Waals surface area contributed by atoms with Crippen molar-refractivity contribution in [1.29, 1.82) is 0 Å². The molecule has 2 heterocycles. The van der Waals surface area contributed by atoms with Crippen LogP contribution in [0, 0.1) is 5.82 Å². The topological polar surface area (TPSA) is 81.3 Å². The van der Waals surface area contributed by atoms with E-state index in [1.165, 1.54) is 48.2 Å². The highest BCUT2D eigenvalue weighted by Gasteiger charge is 2.21. The maximum Gasteiger partial charge on any atom is 0.233 e. The van der Waals surface area contributed by atoms with Crippen molar-refractivity contribution in [1.82, 2.24) is 14.9 Å². The van der Waals surface area contributed by atoms with E-state index in [0.29, 0.717) is 23.1 Å². The number of anilines is 1. The van der Waals surface area contributed by atoms with Crippen LogP contribution >= 0.6 is 23.1 Å². The summed E-state index contributed by atoms with van der Waals surface area (Å²) in [5.41, 5.74) is 8.23. The molecule has 4 rings (SSSR count). The lowest BCUT2D eigenvalue weighted by atomic mass is 9.97. The number of hydrogen-bond acceptors (Lipinski definition) is 7. The van der Waals surface area contributed by atoms with Crippen LogP contribution in [0.5, 0.6) is 5.75 Å². The fraction of sp³-hybridized carbons (Fsp3) is 0.381. The average molecular weight is 447 g/mol. The number of carbonyl (C=O) groups is 1. The number of halogens is 1. The number of thiophene rings is 1. The van der Waals surface area contributed by atoms with Gasteiger partial charge in [0.2, 0.25) is 5.91 Å². The molecule has 0 radical (unpaired) electrons. The number of nitrogens with zero attached hydrogens (tertiary/aromatic N) is 3. The molecular weight excluding hydrogens is 423 g/mol. The number of carbonyl (C=O) groups excluding carboxylic acids is 1. The van der Waals surface area contributed by atoms with Crippen molar-refractivity contribution in [2.75, 3.05) is 25.6 Å². The van der Waals surface area contributed by atoms with E-state index >= 15 is 0 Å². The molecule has 0 saturated carbocycles. The molecule has 0 atom stereocenters. The molecule has 2 N–H and O–H groups in total. The van der Waals surface area contributed by atoms with Crippen molar-refractivity contribution in [3.63, 3.8) is 0 Å². The molecule has 158 valence electrons. The van der Waals surface area contributed by atoms with Gasteiger partial charge in [0.05, 0.1) is 18.2 Å². The van der Waals surface area contributed by atoms with Crippen molar-refractivity contribution >= 4 is 45.0 Å². The molecule has 30 heavy (non-hydrogen) atoms. The molecule has 1 aliphatic rings. The summed E-state index contributed by atoms with van der Waals surface area (Å²) in [4.78, 5) is 25.4. The average Bonchev–Trinajstić information content (AvgIpc) is 3.11. The predicted molar refractivity (Wildman–Crippen MR) is 119 cm³/mol. The van der Waals surface area contributed by atoms with Crippen LogP contribution in [0.1, 0.15) is 28.8 Å². The van der Waals surface area contributed by atoms with Gasteiger partial charge in [-0.05, 0) is 48.9 Å². The van der Waals surface area contributed by atoms with E-state index in [-0.39, 0.29) is 17.4 Å². The lowest BCUT2D eigenvalue weighted by Crippen LogP contribution is -2.27. The molecule has 1 aliphatic carbocycles. The van der Waals surface area contributed by atoms with E-state index in [1.807, 2.05) is 0 Å². The van der Waals surface area contributed by atoms with Crippen LogP contribution in [0.4, 0.5) is 10.2 Å². The third-order valence-electron chi connectivity index (χ3n) is 5.21. The lowest BCUT2D eigenvalue weighted by Gasteiger charge is -2.17. The Morgan fingerprint density at radius 2 is 2.13 bits per heavy atom. The molecule has 0 bridgehead atoms. The summed E-state index contributed by atoms with van der Waals surface area (Å²) in [5, 5.41) is 1.50. The van der Waals surface area contributed by atoms with Crippen molar-refractivity contribution in [3.05, 3.63) is 40.0 Å². The largest absolute Gasteiger partial charge is 0.494 e. The highest BCUT2D eigenvalue weighted by atomic mass is 32.2. The Labute approximate surface area is 182 Å². The second kappa shape index (κ2) is 8.77. The lowest BCUT2D eigenvalue weighted by molar-refractivity contribution is -0.127. The van der Waals surface area contributed by atoms with Gasteiger partial charge in [0.25, 0.3) is 0 Å². The smallest absolute Gasteiger partial charge is 0.233 e. The first kappa shape index (κ1) is 20.9. The van der Waals surface area contributed by atoms with Crippen LogP contribution in [0.15, 0.2) is 23.4 Å². The molecule has 1 aromatic carbocycles. The van der Waals surface area contributed by atoms with E-state index in [0.717, 1.165) is 23.1 Å². The van der Waals surface area contributed by atoms with Crippen LogP contribution < -0.4 is 10.5 Å². The maximum atomic E-state index is 13.9. The molecule has 0 fully saturated rings. The third kappa shape index (κ3) is 4.22. The van der Waals surface area contributed by atoms with E-state index < -0.39 is 5.82 Å². The number of methoxy groups -OCH3 is 1. The van der Waals surface area contributed by atoms with Gasteiger partial charge in [-0.15, -0.1) is 11.3 Å². The van der Waals surface area contributed by atoms with Gasteiger partial charge in [0.1, 0.15) is 10.6 Å². The minimum atomic E-state index is -0.443. The second-order valence-electron chi connectivity index (χ2n) is 7.29.